The van der Waals surface area contributed by atoms with E-state index in [1.165, 1.54) is 24.8 Å². The average Bonchev–Trinajstić information content (AvgIpc) is 2.98. The van der Waals surface area contributed by atoms with Crippen molar-refractivity contribution in [2.24, 2.45) is 0 Å². The highest BCUT2D eigenvalue weighted by atomic mass is 19.1. The Morgan fingerprint density at radius 1 is 1.22 bits per heavy atom. The Balaban J connectivity index is 1.91. The third-order valence-corrected chi connectivity index (χ3v) is 3.63. The number of hydrogen-bond acceptors (Lipinski definition) is 3. The molecular formula is C18H18FN3O. The lowest BCUT2D eigenvalue weighted by Gasteiger charge is -2.14. The molecule has 5 heteroatoms. The Labute approximate surface area is 134 Å². The molecule has 0 bridgehead atoms. The van der Waals surface area contributed by atoms with E-state index in [9.17, 15) is 4.39 Å². The number of aromatic nitrogens is 2. The van der Waals surface area contributed by atoms with Gasteiger partial charge < -0.3 is 15.0 Å². The summed E-state index contributed by atoms with van der Waals surface area (Å²) >= 11 is 0. The van der Waals surface area contributed by atoms with Crippen molar-refractivity contribution in [2.45, 2.75) is 13.5 Å². The molecule has 0 radical (unpaired) electrons. The molecule has 0 aliphatic carbocycles. The van der Waals surface area contributed by atoms with Crippen molar-refractivity contribution in [1.82, 2.24) is 9.97 Å². The summed E-state index contributed by atoms with van der Waals surface area (Å²) in [6, 6.07) is 8.50. The first kappa shape index (κ1) is 15.1. The van der Waals surface area contributed by atoms with Gasteiger partial charge in [-0.3, -0.25) is 4.98 Å². The van der Waals surface area contributed by atoms with Gasteiger partial charge >= 0.3 is 0 Å². The minimum absolute atomic E-state index is 0.323. The normalized spacial score (nSPS) is 10.6. The highest BCUT2D eigenvalue weighted by Crippen LogP contribution is 2.35. The fourth-order valence-electron chi connectivity index (χ4n) is 2.51. The van der Waals surface area contributed by atoms with Gasteiger partial charge in [-0.15, -0.1) is 0 Å². The third kappa shape index (κ3) is 3.34. The summed E-state index contributed by atoms with van der Waals surface area (Å²) in [5.41, 5.74) is 4.88. The first-order valence-corrected chi connectivity index (χ1v) is 7.33. The van der Waals surface area contributed by atoms with E-state index in [1.807, 2.05) is 19.2 Å². The molecule has 3 aromatic rings. The molecule has 0 spiro atoms. The van der Waals surface area contributed by atoms with Gasteiger partial charge in [0.2, 0.25) is 0 Å². The molecule has 0 unspecified atom stereocenters. The highest BCUT2D eigenvalue weighted by molar-refractivity contribution is 5.81. The Hall–Kier alpha value is -2.82. The number of hydrogen-bond donors (Lipinski definition) is 2. The SMILES string of the molecule is COc1cc(F)ccc1-c1ccncc1NCc1cc(C)c[nH]1. The Kier molecular flexibility index (Phi) is 4.28. The van der Waals surface area contributed by atoms with E-state index in [2.05, 4.69) is 21.4 Å². The van der Waals surface area contributed by atoms with E-state index < -0.39 is 0 Å². The van der Waals surface area contributed by atoms with Crippen LogP contribution in [0, 0.1) is 12.7 Å². The minimum atomic E-state index is -0.323. The summed E-state index contributed by atoms with van der Waals surface area (Å²) < 4.78 is 18.7. The van der Waals surface area contributed by atoms with Crippen LogP contribution in [-0.4, -0.2) is 17.1 Å². The lowest BCUT2D eigenvalue weighted by Crippen LogP contribution is -2.02. The summed E-state index contributed by atoms with van der Waals surface area (Å²) in [5, 5.41) is 3.36. The second kappa shape index (κ2) is 6.52. The van der Waals surface area contributed by atoms with Gasteiger partial charge in [0, 0.05) is 35.3 Å². The van der Waals surface area contributed by atoms with Gasteiger partial charge in [-0.05, 0) is 36.8 Å². The Bertz CT molecular complexity index is 814. The van der Waals surface area contributed by atoms with Crippen molar-refractivity contribution in [2.75, 3.05) is 12.4 Å². The summed E-state index contributed by atoms with van der Waals surface area (Å²) in [4.78, 5) is 7.38. The second-order valence-corrected chi connectivity index (χ2v) is 5.32. The molecule has 2 aromatic heterocycles. The molecule has 1 aromatic carbocycles. The van der Waals surface area contributed by atoms with E-state index >= 15 is 0 Å². The number of anilines is 1. The van der Waals surface area contributed by atoms with E-state index in [0.717, 1.165) is 22.5 Å². The lowest BCUT2D eigenvalue weighted by atomic mass is 10.0. The molecule has 118 valence electrons. The number of nitrogens with one attached hydrogen (secondary N) is 2. The van der Waals surface area contributed by atoms with Crippen molar-refractivity contribution in [3.8, 4) is 16.9 Å². The van der Waals surface area contributed by atoms with Crippen LogP contribution in [0.15, 0.2) is 48.9 Å². The van der Waals surface area contributed by atoms with Gasteiger partial charge in [0.25, 0.3) is 0 Å². The van der Waals surface area contributed by atoms with Crippen molar-refractivity contribution in [3.63, 3.8) is 0 Å². The zero-order chi connectivity index (χ0) is 16.2. The number of methoxy groups -OCH3 is 1. The molecule has 2 heterocycles. The number of aromatic amines is 1. The second-order valence-electron chi connectivity index (χ2n) is 5.32. The topological polar surface area (TPSA) is 49.9 Å². The molecule has 0 saturated heterocycles. The first-order valence-electron chi connectivity index (χ1n) is 7.33. The molecule has 0 amide bonds. The van der Waals surface area contributed by atoms with Crippen LogP contribution in [0.5, 0.6) is 5.75 Å². The van der Waals surface area contributed by atoms with Gasteiger partial charge in [-0.2, -0.15) is 0 Å². The summed E-state index contributed by atoms with van der Waals surface area (Å²) in [7, 11) is 1.54. The van der Waals surface area contributed by atoms with Crippen LogP contribution in [0.2, 0.25) is 0 Å². The maximum atomic E-state index is 13.4. The molecule has 0 fully saturated rings. The number of aryl methyl sites for hydroxylation is 1. The van der Waals surface area contributed by atoms with Gasteiger partial charge in [0.05, 0.1) is 25.5 Å². The van der Waals surface area contributed by atoms with Crippen LogP contribution >= 0.6 is 0 Å². The number of ether oxygens (including phenoxy) is 1. The number of H-pyrrole nitrogens is 1. The third-order valence-electron chi connectivity index (χ3n) is 3.63. The van der Waals surface area contributed by atoms with Crippen molar-refractivity contribution < 1.29 is 9.13 Å². The lowest BCUT2D eigenvalue weighted by molar-refractivity contribution is 0.413. The highest BCUT2D eigenvalue weighted by Gasteiger charge is 2.11. The molecule has 2 N–H and O–H groups in total. The number of halogens is 1. The monoisotopic (exact) mass is 311 g/mol. The summed E-state index contributed by atoms with van der Waals surface area (Å²) in [6.45, 7) is 2.69. The van der Waals surface area contributed by atoms with E-state index in [1.54, 1.807) is 18.5 Å². The molecule has 0 atom stereocenters. The van der Waals surface area contributed by atoms with Crippen LogP contribution in [0.3, 0.4) is 0 Å². The van der Waals surface area contributed by atoms with Gasteiger partial charge in [0.15, 0.2) is 0 Å². The Morgan fingerprint density at radius 2 is 2.09 bits per heavy atom. The fourth-order valence-corrected chi connectivity index (χ4v) is 2.51. The summed E-state index contributed by atoms with van der Waals surface area (Å²) in [5.74, 6) is 0.172. The van der Waals surface area contributed by atoms with Gasteiger partial charge in [-0.1, -0.05) is 0 Å². The number of pyridine rings is 1. The number of rotatable bonds is 5. The van der Waals surface area contributed by atoms with Crippen molar-refractivity contribution in [1.29, 1.82) is 0 Å². The van der Waals surface area contributed by atoms with Crippen LogP contribution in [0.25, 0.3) is 11.1 Å². The molecule has 3 rings (SSSR count). The van der Waals surface area contributed by atoms with Crippen LogP contribution in [-0.2, 0) is 6.54 Å². The van der Waals surface area contributed by atoms with E-state index in [-0.39, 0.29) is 5.82 Å². The fraction of sp³-hybridized carbons (Fsp3) is 0.167. The molecule has 23 heavy (non-hydrogen) atoms. The predicted molar refractivity (Wildman–Crippen MR) is 89.0 cm³/mol. The van der Waals surface area contributed by atoms with Crippen LogP contribution in [0.4, 0.5) is 10.1 Å². The zero-order valence-corrected chi connectivity index (χ0v) is 13.1. The van der Waals surface area contributed by atoms with Crippen molar-refractivity contribution >= 4 is 5.69 Å². The minimum Gasteiger partial charge on any atom is -0.496 e. The molecule has 0 aliphatic heterocycles. The van der Waals surface area contributed by atoms with E-state index in [4.69, 9.17) is 4.74 Å². The predicted octanol–water partition coefficient (Wildman–Crippen LogP) is 4.14. The van der Waals surface area contributed by atoms with Gasteiger partial charge in [-0.25, -0.2) is 4.39 Å². The molecular weight excluding hydrogens is 293 g/mol. The maximum Gasteiger partial charge on any atom is 0.129 e. The smallest absolute Gasteiger partial charge is 0.129 e. The van der Waals surface area contributed by atoms with Crippen LogP contribution < -0.4 is 10.1 Å². The summed E-state index contributed by atoms with van der Waals surface area (Å²) in [6.07, 6.45) is 5.43. The quantitative estimate of drug-likeness (QED) is 0.744. The first-order chi connectivity index (χ1) is 11.2. The van der Waals surface area contributed by atoms with Crippen molar-refractivity contribution in [3.05, 3.63) is 66.0 Å². The molecule has 4 nitrogen and oxygen atoms in total. The zero-order valence-electron chi connectivity index (χ0n) is 13.1. The van der Waals surface area contributed by atoms with Crippen LogP contribution in [0.1, 0.15) is 11.3 Å². The largest absolute Gasteiger partial charge is 0.496 e. The van der Waals surface area contributed by atoms with Gasteiger partial charge in [0.1, 0.15) is 11.6 Å². The Morgan fingerprint density at radius 3 is 2.83 bits per heavy atom. The maximum absolute atomic E-state index is 13.4. The average molecular weight is 311 g/mol. The molecule has 0 saturated carbocycles. The molecule has 0 aliphatic rings. The number of benzene rings is 1. The van der Waals surface area contributed by atoms with E-state index in [0.29, 0.717) is 12.3 Å². The standard InChI is InChI=1S/C18H18FN3O/c1-12-7-14(21-9-12)10-22-17-11-20-6-5-15(17)16-4-3-13(19)8-18(16)23-2/h3-9,11,21-22H,10H2,1-2H3. The number of nitrogens with zero attached hydrogens (tertiary/aromatic N) is 1.